The molecule has 21 heavy (non-hydrogen) atoms. The second-order valence-corrected chi connectivity index (χ2v) is 6.08. The van der Waals surface area contributed by atoms with E-state index < -0.39 is 0 Å². The topological polar surface area (TPSA) is 59.1 Å². The standard InChI is InChI=1S/C18H24N2O/c1-18(2,17(19)20)12-5-6-13-21-16-11-7-9-14-8-3-4-10-15(14)16/h3-4,7-11H,5-6,12-13H2,1-2H3,(H3,19,20). The molecule has 0 amide bonds. The third kappa shape index (κ3) is 3.97. The Morgan fingerprint density at radius 3 is 2.57 bits per heavy atom. The summed E-state index contributed by atoms with van der Waals surface area (Å²) in [6.45, 7) is 4.73. The fraction of sp³-hybridized carbons (Fsp3) is 0.389. The fourth-order valence-corrected chi connectivity index (χ4v) is 2.31. The number of hydrogen-bond donors (Lipinski definition) is 2. The molecule has 2 aromatic carbocycles. The van der Waals surface area contributed by atoms with E-state index in [1.54, 1.807) is 0 Å². The van der Waals surface area contributed by atoms with E-state index in [-0.39, 0.29) is 11.3 Å². The molecule has 0 saturated carbocycles. The maximum Gasteiger partial charge on any atom is 0.127 e. The second kappa shape index (κ2) is 6.61. The number of unbranched alkanes of at least 4 members (excludes halogenated alkanes) is 1. The lowest BCUT2D eigenvalue weighted by atomic mass is 9.86. The Morgan fingerprint density at radius 1 is 1.10 bits per heavy atom. The van der Waals surface area contributed by atoms with Crippen LogP contribution < -0.4 is 10.5 Å². The fourth-order valence-electron chi connectivity index (χ4n) is 2.31. The van der Waals surface area contributed by atoms with Crippen LogP contribution in [0.2, 0.25) is 0 Å². The SMILES string of the molecule is CC(C)(CCCCOc1cccc2ccccc12)C(=N)N. The van der Waals surface area contributed by atoms with Gasteiger partial charge in [0.15, 0.2) is 0 Å². The van der Waals surface area contributed by atoms with Gasteiger partial charge in [0.2, 0.25) is 0 Å². The lowest BCUT2D eigenvalue weighted by molar-refractivity contribution is 0.299. The van der Waals surface area contributed by atoms with Crippen LogP contribution in [0.4, 0.5) is 0 Å². The Hall–Kier alpha value is -2.03. The molecule has 0 radical (unpaired) electrons. The Morgan fingerprint density at radius 2 is 1.81 bits per heavy atom. The van der Waals surface area contributed by atoms with Crippen LogP contribution in [0.1, 0.15) is 33.1 Å². The van der Waals surface area contributed by atoms with Gasteiger partial charge in [-0.05, 0) is 30.7 Å². The Labute approximate surface area is 126 Å². The predicted molar refractivity (Wildman–Crippen MR) is 89.0 cm³/mol. The van der Waals surface area contributed by atoms with Crippen molar-refractivity contribution in [1.82, 2.24) is 0 Å². The van der Waals surface area contributed by atoms with Gasteiger partial charge in [0.25, 0.3) is 0 Å². The summed E-state index contributed by atoms with van der Waals surface area (Å²) >= 11 is 0. The van der Waals surface area contributed by atoms with Gasteiger partial charge in [0.05, 0.1) is 12.4 Å². The first-order chi connectivity index (χ1) is 10.0. The highest BCUT2D eigenvalue weighted by Gasteiger charge is 2.20. The highest BCUT2D eigenvalue weighted by Crippen LogP contribution is 2.26. The van der Waals surface area contributed by atoms with Crippen LogP contribution in [-0.4, -0.2) is 12.4 Å². The van der Waals surface area contributed by atoms with Crippen molar-refractivity contribution in [3.8, 4) is 5.75 Å². The Bertz CT molecular complexity index is 614. The minimum absolute atomic E-state index is 0.209. The first-order valence-electron chi connectivity index (χ1n) is 7.46. The molecule has 0 atom stereocenters. The molecule has 0 saturated heterocycles. The number of amidine groups is 1. The maximum absolute atomic E-state index is 7.55. The minimum atomic E-state index is -0.209. The summed E-state index contributed by atoms with van der Waals surface area (Å²) < 4.78 is 5.91. The van der Waals surface area contributed by atoms with Gasteiger partial charge >= 0.3 is 0 Å². The molecule has 0 heterocycles. The van der Waals surface area contributed by atoms with E-state index in [9.17, 15) is 0 Å². The summed E-state index contributed by atoms with van der Waals surface area (Å²) in [5.74, 6) is 1.20. The molecule has 0 aliphatic heterocycles. The zero-order valence-corrected chi connectivity index (χ0v) is 12.9. The van der Waals surface area contributed by atoms with Crippen LogP contribution in [0.5, 0.6) is 5.75 Å². The van der Waals surface area contributed by atoms with E-state index in [2.05, 4.69) is 18.2 Å². The van der Waals surface area contributed by atoms with Crippen LogP contribution in [0.3, 0.4) is 0 Å². The summed E-state index contributed by atoms with van der Waals surface area (Å²) in [5.41, 5.74) is 5.38. The molecule has 0 aromatic heterocycles. The normalized spacial score (nSPS) is 11.5. The molecule has 0 spiro atoms. The van der Waals surface area contributed by atoms with E-state index in [0.717, 1.165) is 30.4 Å². The second-order valence-electron chi connectivity index (χ2n) is 6.08. The van der Waals surface area contributed by atoms with Gasteiger partial charge in [0.1, 0.15) is 5.75 Å². The van der Waals surface area contributed by atoms with Gasteiger partial charge in [-0.1, -0.05) is 50.2 Å². The summed E-state index contributed by atoms with van der Waals surface area (Å²) in [5, 5.41) is 9.91. The van der Waals surface area contributed by atoms with Crippen molar-refractivity contribution >= 4 is 16.6 Å². The highest BCUT2D eigenvalue weighted by atomic mass is 16.5. The third-order valence-corrected chi connectivity index (χ3v) is 3.93. The van der Waals surface area contributed by atoms with Gasteiger partial charge in [-0.25, -0.2) is 0 Å². The zero-order valence-electron chi connectivity index (χ0n) is 12.9. The molecule has 0 bridgehead atoms. The van der Waals surface area contributed by atoms with Crippen molar-refractivity contribution in [2.45, 2.75) is 33.1 Å². The number of benzene rings is 2. The van der Waals surface area contributed by atoms with E-state index in [1.807, 2.05) is 38.1 Å². The maximum atomic E-state index is 7.55. The van der Waals surface area contributed by atoms with Gasteiger partial charge in [-0.3, -0.25) is 5.41 Å². The van der Waals surface area contributed by atoms with Crippen molar-refractivity contribution < 1.29 is 4.74 Å². The van der Waals surface area contributed by atoms with Crippen molar-refractivity contribution in [1.29, 1.82) is 5.41 Å². The van der Waals surface area contributed by atoms with Crippen molar-refractivity contribution in [3.63, 3.8) is 0 Å². The quantitative estimate of drug-likeness (QED) is 0.451. The van der Waals surface area contributed by atoms with E-state index in [1.165, 1.54) is 5.39 Å². The van der Waals surface area contributed by atoms with Crippen LogP contribution in [0, 0.1) is 10.8 Å². The van der Waals surface area contributed by atoms with E-state index in [0.29, 0.717) is 6.61 Å². The summed E-state index contributed by atoms with van der Waals surface area (Å²) in [6, 6.07) is 14.4. The van der Waals surface area contributed by atoms with Gasteiger partial charge in [0, 0.05) is 10.8 Å². The van der Waals surface area contributed by atoms with E-state index in [4.69, 9.17) is 15.9 Å². The summed E-state index contributed by atoms with van der Waals surface area (Å²) in [4.78, 5) is 0. The molecule has 3 N–H and O–H groups in total. The third-order valence-electron chi connectivity index (χ3n) is 3.93. The Kier molecular flexibility index (Phi) is 4.84. The molecule has 0 fully saturated rings. The first kappa shape index (κ1) is 15.4. The number of hydrogen-bond acceptors (Lipinski definition) is 2. The number of ether oxygens (including phenoxy) is 1. The lowest BCUT2D eigenvalue weighted by Gasteiger charge is -2.22. The van der Waals surface area contributed by atoms with Crippen LogP contribution in [0.15, 0.2) is 42.5 Å². The smallest absolute Gasteiger partial charge is 0.127 e. The molecular weight excluding hydrogens is 260 g/mol. The molecule has 2 rings (SSSR count). The van der Waals surface area contributed by atoms with Gasteiger partial charge < -0.3 is 10.5 Å². The molecule has 0 unspecified atom stereocenters. The molecule has 112 valence electrons. The number of rotatable bonds is 7. The van der Waals surface area contributed by atoms with Crippen molar-refractivity contribution in [3.05, 3.63) is 42.5 Å². The largest absolute Gasteiger partial charge is 0.493 e. The van der Waals surface area contributed by atoms with Crippen LogP contribution >= 0.6 is 0 Å². The van der Waals surface area contributed by atoms with Crippen molar-refractivity contribution in [2.24, 2.45) is 11.1 Å². The van der Waals surface area contributed by atoms with E-state index >= 15 is 0 Å². The number of nitrogens with one attached hydrogen (secondary N) is 1. The zero-order chi connectivity index (χ0) is 15.3. The van der Waals surface area contributed by atoms with Gasteiger partial charge in [-0.2, -0.15) is 0 Å². The molecular formula is C18H24N2O. The predicted octanol–water partition coefficient (Wildman–Crippen LogP) is 4.35. The summed E-state index contributed by atoms with van der Waals surface area (Å²) in [6.07, 6.45) is 2.90. The monoisotopic (exact) mass is 284 g/mol. The Balaban J connectivity index is 1.85. The molecule has 0 aliphatic carbocycles. The summed E-state index contributed by atoms with van der Waals surface area (Å²) in [7, 11) is 0. The van der Waals surface area contributed by atoms with Crippen LogP contribution in [0.25, 0.3) is 10.8 Å². The molecule has 0 aliphatic rings. The van der Waals surface area contributed by atoms with Crippen LogP contribution in [-0.2, 0) is 0 Å². The molecule has 3 nitrogen and oxygen atoms in total. The lowest BCUT2D eigenvalue weighted by Crippen LogP contribution is -2.30. The average molecular weight is 284 g/mol. The molecule has 2 aromatic rings. The molecule has 3 heteroatoms. The number of nitrogens with two attached hydrogens (primary N) is 1. The highest BCUT2D eigenvalue weighted by molar-refractivity contribution is 5.88. The minimum Gasteiger partial charge on any atom is -0.493 e. The van der Waals surface area contributed by atoms with Gasteiger partial charge in [-0.15, -0.1) is 0 Å². The van der Waals surface area contributed by atoms with Crippen molar-refractivity contribution in [2.75, 3.05) is 6.61 Å². The number of fused-ring (bicyclic) bond motifs is 1. The first-order valence-corrected chi connectivity index (χ1v) is 7.46. The average Bonchev–Trinajstić information content (AvgIpc) is 2.47.